The summed E-state index contributed by atoms with van der Waals surface area (Å²) in [5, 5.41) is 6.70. The molecule has 0 saturated heterocycles. The van der Waals surface area contributed by atoms with Crippen molar-refractivity contribution in [2.24, 2.45) is 0 Å². The van der Waals surface area contributed by atoms with Crippen LogP contribution in [0.25, 0.3) is 0 Å². The van der Waals surface area contributed by atoms with Gasteiger partial charge in [0, 0.05) is 6.42 Å². The van der Waals surface area contributed by atoms with Crippen molar-refractivity contribution in [1.82, 2.24) is 0 Å². The highest BCUT2D eigenvalue weighted by atomic mass is 14.3. The van der Waals surface area contributed by atoms with E-state index in [2.05, 4.69) is 19.9 Å². The van der Waals surface area contributed by atoms with Crippen molar-refractivity contribution >= 4 is 6.21 Å². The van der Waals surface area contributed by atoms with Gasteiger partial charge in [-0.2, -0.15) is 0 Å². The van der Waals surface area contributed by atoms with Gasteiger partial charge >= 0.3 is 0 Å². The molecule has 0 aliphatic heterocycles. The molecule has 0 aliphatic carbocycles. The average Bonchev–Trinajstić information content (AvgIpc) is 1.83. The highest BCUT2D eigenvalue weighted by Gasteiger charge is 1.78. The van der Waals surface area contributed by atoms with Gasteiger partial charge in [-0.1, -0.05) is 18.6 Å². The van der Waals surface area contributed by atoms with Gasteiger partial charge < -0.3 is 5.41 Å². The fourth-order valence-corrected chi connectivity index (χ4v) is 0.404. The summed E-state index contributed by atoms with van der Waals surface area (Å²) < 4.78 is 0. The molecule has 0 amide bonds. The maximum atomic E-state index is 6.70. The Morgan fingerprint density at radius 3 is 2.62 bits per heavy atom. The van der Waals surface area contributed by atoms with Crippen LogP contribution in [-0.2, 0) is 0 Å². The Balaban J connectivity index is 3.40. The zero-order chi connectivity index (χ0) is 6.41. The van der Waals surface area contributed by atoms with Gasteiger partial charge in [0.25, 0.3) is 0 Å². The van der Waals surface area contributed by atoms with E-state index >= 15 is 0 Å². The van der Waals surface area contributed by atoms with E-state index in [0.29, 0.717) is 0 Å². The minimum atomic E-state index is 0.791. The first kappa shape index (κ1) is 7.41. The van der Waals surface area contributed by atoms with Crippen molar-refractivity contribution in [1.29, 1.82) is 5.41 Å². The first-order valence-electron chi connectivity index (χ1n) is 2.95. The van der Waals surface area contributed by atoms with Crippen LogP contribution in [0.2, 0.25) is 0 Å². The minimum absolute atomic E-state index is 0.791. The second-order valence-electron chi connectivity index (χ2n) is 1.84. The van der Waals surface area contributed by atoms with Crippen molar-refractivity contribution in [3.63, 3.8) is 0 Å². The topological polar surface area (TPSA) is 23.9 Å². The summed E-state index contributed by atoms with van der Waals surface area (Å²) in [6, 6.07) is 0. The molecule has 1 nitrogen and oxygen atoms in total. The monoisotopic (exact) mass is 111 g/mol. The molecule has 0 aliphatic rings. The number of hydrogen-bond donors (Lipinski definition) is 1. The van der Waals surface area contributed by atoms with E-state index in [9.17, 15) is 0 Å². The van der Waals surface area contributed by atoms with Crippen molar-refractivity contribution < 1.29 is 0 Å². The largest absolute Gasteiger partial charge is 0.313 e. The van der Waals surface area contributed by atoms with Crippen LogP contribution in [0.3, 0.4) is 0 Å². The van der Waals surface area contributed by atoms with Crippen LogP contribution < -0.4 is 0 Å². The lowest BCUT2D eigenvalue weighted by atomic mass is 10.2. The summed E-state index contributed by atoms with van der Waals surface area (Å²) in [5.74, 6) is 0. The van der Waals surface area contributed by atoms with Gasteiger partial charge in [0.05, 0.1) is 0 Å². The molecule has 0 radical (unpaired) electrons. The fraction of sp³-hybridized carbons (Fsp3) is 0.571. The molecule has 0 saturated carbocycles. The molecule has 0 heterocycles. The van der Waals surface area contributed by atoms with Crippen LogP contribution in [0.4, 0.5) is 0 Å². The molecule has 0 fully saturated rings. The number of hydrogen-bond acceptors (Lipinski definition) is 1. The van der Waals surface area contributed by atoms with Crippen molar-refractivity contribution in [2.75, 3.05) is 0 Å². The van der Waals surface area contributed by atoms with Crippen LogP contribution in [-0.4, -0.2) is 6.21 Å². The Kier molecular flexibility index (Phi) is 4.23. The van der Waals surface area contributed by atoms with Crippen LogP contribution in [0, 0.1) is 5.41 Å². The van der Waals surface area contributed by atoms with Crippen LogP contribution in [0.5, 0.6) is 0 Å². The Hall–Kier alpha value is -0.590. The van der Waals surface area contributed by atoms with E-state index < -0.39 is 0 Å². The predicted molar refractivity (Wildman–Crippen MR) is 37.4 cm³/mol. The second kappa shape index (κ2) is 4.57. The number of rotatable bonds is 3. The molecule has 0 atom stereocenters. The maximum absolute atomic E-state index is 6.70. The molecule has 8 heavy (non-hydrogen) atoms. The van der Waals surface area contributed by atoms with E-state index in [0.717, 1.165) is 12.8 Å². The van der Waals surface area contributed by atoms with E-state index in [4.69, 9.17) is 5.41 Å². The summed E-state index contributed by atoms with van der Waals surface area (Å²) >= 11 is 0. The van der Waals surface area contributed by atoms with Crippen molar-refractivity contribution in [3.05, 3.63) is 11.6 Å². The van der Waals surface area contributed by atoms with Gasteiger partial charge in [-0.05, 0) is 19.6 Å². The molecule has 46 valence electrons. The Labute approximate surface area is 50.9 Å². The smallest absolute Gasteiger partial charge is 0.000239 e. The zero-order valence-electron chi connectivity index (χ0n) is 5.57. The minimum Gasteiger partial charge on any atom is -0.313 e. The standard InChI is InChI=1S/C7H13N/c1-3-7(2)5-4-6-8/h5-6,8H,3-4H2,1-2H3/b7-5+,8-6?. The Morgan fingerprint density at radius 2 is 2.25 bits per heavy atom. The normalized spacial score (nSPS) is 11.5. The van der Waals surface area contributed by atoms with Crippen molar-refractivity contribution in [2.45, 2.75) is 26.7 Å². The van der Waals surface area contributed by atoms with Gasteiger partial charge in [-0.15, -0.1) is 0 Å². The van der Waals surface area contributed by atoms with E-state index in [-0.39, 0.29) is 0 Å². The van der Waals surface area contributed by atoms with E-state index in [1.165, 1.54) is 11.8 Å². The first-order chi connectivity index (χ1) is 3.81. The lowest BCUT2D eigenvalue weighted by molar-refractivity contribution is 1.08. The SMILES string of the molecule is CC/C(C)=C/CC=N. The number of nitrogens with one attached hydrogen (secondary N) is 1. The van der Waals surface area contributed by atoms with Gasteiger partial charge in [-0.3, -0.25) is 0 Å². The summed E-state index contributed by atoms with van der Waals surface area (Å²) in [7, 11) is 0. The molecule has 0 aromatic carbocycles. The Morgan fingerprint density at radius 1 is 1.62 bits per heavy atom. The molecule has 0 unspecified atom stereocenters. The van der Waals surface area contributed by atoms with Gasteiger partial charge in [0.2, 0.25) is 0 Å². The Bertz CT molecular complexity index is 92.6. The lowest BCUT2D eigenvalue weighted by Crippen LogP contribution is -1.71. The summed E-state index contributed by atoms with van der Waals surface area (Å²) in [6.45, 7) is 4.21. The highest BCUT2D eigenvalue weighted by molar-refractivity contribution is 5.55. The fourth-order valence-electron chi connectivity index (χ4n) is 0.404. The maximum Gasteiger partial charge on any atom is 0.000239 e. The number of allylic oxidation sites excluding steroid dienone is 2. The molecular formula is C7H13N. The van der Waals surface area contributed by atoms with Gasteiger partial charge in [0.1, 0.15) is 0 Å². The highest BCUT2D eigenvalue weighted by Crippen LogP contribution is 1.97. The lowest BCUT2D eigenvalue weighted by Gasteiger charge is -1.88. The predicted octanol–water partition coefficient (Wildman–Crippen LogP) is 2.38. The third kappa shape index (κ3) is 3.59. The van der Waals surface area contributed by atoms with E-state index in [1.54, 1.807) is 0 Å². The summed E-state index contributed by atoms with van der Waals surface area (Å²) in [6.07, 6.45) is 5.39. The van der Waals surface area contributed by atoms with Crippen LogP contribution in [0.1, 0.15) is 26.7 Å². The van der Waals surface area contributed by atoms with Crippen molar-refractivity contribution in [3.8, 4) is 0 Å². The third-order valence-electron chi connectivity index (χ3n) is 1.14. The van der Waals surface area contributed by atoms with Crippen LogP contribution >= 0.6 is 0 Å². The molecule has 1 heteroatoms. The molecule has 0 rings (SSSR count). The molecule has 0 bridgehead atoms. The molecular weight excluding hydrogens is 98.1 g/mol. The average molecular weight is 111 g/mol. The molecule has 0 spiro atoms. The summed E-state index contributed by atoms with van der Waals surface area (Å²) in [5.41, 5.74) is 1.37. The zero-order valence-corrected chi connectivity index (χ0v) is 5.57. The van der Waals surface area contributed by atoms with Gasteiger partial charge in [-0.25, -0.2) is 0 Å². The first-order valence-corrected chi connectivity index (χ1v) is 2.95. The molecule has 0 aromatic heterocycles. The van der Waals surface area contributed by atoms with Crippen LogP contribution in [0.15, 0.2) is 11.6 Å². The third-order valence-corrected chi connectivity index (χ3v) is 1.14. The molecule has 0 aromatic rings. The van der Waals surface area contributed by atoms with E-state index in [1.807, 2.05) is 0 Å². The second-order valence-corrected chi connectivity index (χ2v) is 1.84. The molecule has 1 N–H and O–H groups in total. The van der Waals surface area contributed by atoms with Gasteiger partial charge in [0.15, 0.2) is 0 Å². The summed E-state index contributed by atoms with van der Waals surface area (Å²) in [4.78, 5) is 0. The quantitative estimate of drug-likeness (QED) is 0.427.